The zero-order chi connectivity index (χ0) is 48.8. The lowest BCUT2D eigenvalue weighted by molar-refractivity contribution is -0.302. The number of unbranched alkanes of at least 4 members (excludes halogenated alkanes) is 1. The first-order valence-electron chi connectivity index (χ1n) is 23.7. The van der Waals surface area contributed by atoms with Gasteiger partial charge in [-0.2, -0.15) is 0 Å². The summed E-state index contributed by atoms with van der Waals surface area (Å²) in [4.78, 5) is 78.5. The highest BCUT2D eigenvalue weighted by Crippen LogP contribution is 2.44. The lowest BCUT2D eigenvalue weighted by atomic mass is 9.73. The topological polar surface area (TPSA) is 207 Å². The van der Waals surface area contributed by atoms with E-state index in [1.165, 1.54) is 13.4 Å². The Morgan fingerprint density at radius 1 is 1.06 bits per heavy atom. The molecule has 368 valence electrons. The van der Waals surface area contributed by atoms with Crippen LogP contribution in [0.2, 0.25) is 0 Å². The standard InChI is InChI=1S/C49H71N7O11/c1-12-20-54(10)36-23-30(4)63-46(40(36)59)66-43-32(6)41(65-38(57)24-34-18-14-15-19-51-34)33(7)45(60)64-37(13-2)49(9)42(31(5)39(58)29(3)25-48(43,8)62-11)56(47(61)67-49)22-17-16-21-55-28-53-35-26-50-27-52-44(35)55/h12,14-15,18-19,26-33,36-37,40-43,46,59H,1,13,16-17,20-25H2,2-11H3/t29-,30+,31+,32+,33-,36-,37-,40+,41+,42-,43-,46-,48-,49-/m1/s1. The van der Waals surface area contributed by atoms with Crippen LogP contribution in [-0.2, 0) is 55.8 Å². The van der Waals surface area contributed by atoms with Gasteiger partial charge in [-0.1, -0.05) is 39.8 Å². The van der Waals surface area contributed by atoms with Gasteiger partial charge in [0.15, 0.2) is 17.5 Å². The summed E-state index contributed by atoms with van der Waals surface area (Å²) in [6, 6.07) is 4.01. The van der Waals surface area contributed by atoms with Crippen LogP contribution in [0.3, 0.4) is 0 Å². The van der Waals surface area contributed by atoms with E-state index in [2.05, 4.69) is 26.5 Å². The van der Waals surface area contributed by atoms with Crippen LogP contribution < -0.4 is 0 Å². The minimum Gasteiger partial charge on any atom is -0.461 e. The number of pyridine rings is 1. The van der Waals surface area contributed by atoms with E-state index in [0.29, 0.717) is 49.2 Å². The fourth-order valence-electron chi connectivity index (χ4n) is 10.7. The number of aliphatic hydroxyl groups is 1. The summed E-state index contributed by atoms with van der Waals surface area (Å²) in [6.45, 7) is 19.5. The van der Waals surface area contributed by atoms with E-state index in [1.807, 2.05) is 44.2 Å². The monoisotopic (exact) mass is 934 g/mol. The number of carbonyl (C=O) groups excluding carboxylic acids is 4. The van der Waals surface area contributed by atoms with Crippen molar-refractivity contribution in [2.24, 2.45) is 23.7 Å². The maximum Gasteiger partial charge on any atom is 0.410 e. The van der Waals surface area contributed by atoms with Gasteiger partial charge in [0.25, 0.3) is 0 Å². The SMILES string of the molecule is C=CCN(C)[C@@H]1C[C@H](C)O[C@H](O[C@@H]2[C@@H](C)[C@H](OC(=O)Cc3ccccn3)[C@@H](C)C(=O)O[C@H](CC)[C@@]3(C)OC(=O)N(CCCCn4cnc5cncnc54)[C@@H]3[C@@H](C)C(=O)[C@H](C)C[C@@]2(C)OC)[C@H]1O. The number of likely N-dealkylation sites (N-methyl/N-ethyl adjacent to an activating group) is 1. The smallest absolute Gasteiger partial charge is 0.410 e. The summed E-state index contributed by atoms with van der Waals surface area (Å²) in [5.74, 6) is -4.95. The number of Topliss-reactive ketones (excluding diaryl/α,β-unsaturated/α-hetero) is 1. The second kappa shape index (κ2) is 22.0. The molecule has 0 bridgehead atoms. The largest absolute Gasteiger partial charge is 0.461 e. The minimum atomic E-state index is -1.45. The van der Waals surface area contributed by atoms with Gasteiger partial charge in [0.1, 0.15) is 35.9 Å². The molecule has 1 N–H and O–H groups in total. The molecule has 0 radical (unpaired) electrons. The first kappa shape index (κ1) is 51.5. The average Bonchev–Trinajstić information content (AvgIpc) is 3.84. The van der Waals surface area contributed by atoms with Crippen molar-refractivity contribution in [2.45, 2.75) is 161 Å². The zero-order valence-electron chi connectivity index (χ0n) is 40.8. The molecule has 0 unspecified atom stereocenters. The van der Waals surface area contributed by atoms with E-state index in [9.17, 15) is 19.5 Å². The normalized spacial score (nSPS) is 34.3. The highest BCUT2D eigenvalue weighted by molar-refractivity contribution is 5.85. The number of hydrogen-bond acceptors (Lipinski definition) is 16. The van der Waals surface area contributed by atoms with Gasteiger partial charge in [-0.05, 0) is 79.0 Å². The van der Waals surface area contributed by atoms with Crippen LogP contribution in [0.1, 0.15) is 93.2 Å². The van der Waals surface area contributed by atoms with Gasteiger partial charge in [0, 0.05) is 56.7 Å². The van der Waals surface area contributed by atoms with Crippen LogP contribution in [-0.4, -0.2) is 151 Å². The molecule has 0 aliphatic carbocycles. The number of ketones is 1. The molecule has 0 saturated carbocycles. The number of ether oxygens (including phenoxy) is 6. The highest BCUT2D eigenvalue weighted by Gasteiger charge is 2.60. The summed E-state index contributed by atoms with van der Waals surface area (Å²) in [6.07, 6.45) is 3.56. The number of cyclic esters (lactones) is 1. The predicted molar refractivity (Wildman–Crippen MR) is 246 cm³/mol. The molecule has 3 aromatic heterocycles. The number of amides is 1. The molecule has 18 nitrogen and oxygen atoms in total. The fourth-order valence-corrected chi connectivity index (χ4v) is 10.7. The van der Waals surface area contributed by atoms with E-state index in [4.69, 9.17) is 28.4 Å². The molecule has 3 saturated heterocycles. The van der Waals surface area contributed by atoms with Crippen molar-refractivity contribution in [3.8, 4) is 0 Å². The number of nitrogens with zero attached hydrogens (tertiary/aromatic N) is 7. The lowest BCUT2D eigenvalue weighted by Crippen LogP contribution is -2.61. The number of fused-ring (bicyclic) bond motifs is 2. The molecular weight excluding hydrogens is 863 g/mol. The van der Waals surface area contributed by atoms with Crippen molar-refractivity contribution in [3.63, 3.8) is 0 Å². The van der Waals surface area contributed by atoms with E-state index < -0.39 is 89.7 Å². The van der Waals surface area contributed by atoms with Crippen molar-refractivity contribution in [2.75, 3.05) is 27.2 Å². The minimum absolute atomic E-state index is 0.102. The number of rotatable bonds is 15. The van der Waals surface area contributed by atoms with Crippen LogP contribution in [0.25, 0.3) is 11.2 Å². The zero-order valence-corrected chi connectivity index (χ0v) is 40.8. The molecule has 3 fully saturated rings. The Balaban J connectivity index is 1.37. The Kier molecular flexibility index (Phi) is 16.9. The third-order valence-corrected chi connectivity index (χ3v) is 14.3. The number of methoxy groups -OCH3 is 1. The molecule has 1 amide bonds. The molecule has 0 aromatic carbocycles. The van der Waals surface area contributed by atoms with E-state index in [1.54, 1.807) is 75.6 Å². The molecular formula is C49H71N7O11. The van der Waals surface area contributed by atoms with E-state index in [0.717, 1.165) is 0 Å². The first-order valence-corrected chi connectivity index (χ1v) is 23.7. The summed E-state index contributed by atoms with van der Waals surface area (Å²) >= 11 is 0. The maximum absolute atomic E-state index is 15.0. The van der Waals surface area contributed by atoms with Gasteiger partial charge in [0.05, 0.1) is 54.4 Å². The molecule has 14 atom stereocenters. The van der Waals surface area contributed by atoms with Crippen LogP contribution in [0, 0.1) is 23.7 Å². The Labute approximate surface area is 394 Å². The van der Waals surface area contributed by atoms with Crippen molar-refractivity contribution in [3.05, 3.63) is 61.6 Å². The van der Waals surface area contributed by atoms with Crippen LogP contribution in [0.4, 0.5) is 4.79 Å². The lowest BCUT2D eigenvalue weighted by Gasteiger charge is -2.48. The molecule has 0 spiro atoms. The number of aliphatic hydroxyl groups excluding tert-OH is 1. The molecule has 67 heavy (non-hydrogen) atoms. The van der Waals surface area contributed by atoms with Crippen molar-refractivity contribution in [1.82, 2.24) is 34.3 Å². The van der Waals surface area contributed by atoms with Crippen LogP contribution >= 0.6 is 0 Å². The molecule has 6 rings (SSSR count). The van der Waals surface area contributed by atoms with Crippen molar-refractivity contribution < 1.29 is 52.7 Å². The number of aromatic nitrogens is 5. The number of hydrogen-bond donors (Lipinski definition) is 1. The Morgan fingerprint density at radius 2 is 1.81 bits per heavy atom. The Bertz CT molecular complexity index is 2180. The molecule has 18 heteroatoms. The van der Waals surface area contributed by atoms with E-state index >= 15 is 4.79 Å². The third kappa shape index (κ3) is 11.2. The Morgan fingerprint density at radius 3 is 2.49 bits per heavy atom. The van der Waals surface area contributed by atoms with Gasteiger partial charge in [0.2, 0.25) is 0 Å². The van der Waals surface area contributed by atoms with Crippen molar-refractivity contribution in [1.29, 1.82) is 0 Å². The average molecular weight is 934 g/mol. The second-order valence-electron chi connectivity index (χ2n) is 19.2. The summed E-state index contributed by atoms with van der Waals surface area (Å²) < 4.78 is 40.6. The number of esters is 2. The van der Waals surface area contributed by atoms with E-state index in [-0.39, 0.29) is 43.7 Å². The van der Waals surface area contributed by atoms with Crippen LogP contribution in [0.15, 0.2) is 55.9 Å². The quantitative estimate of drug-likeness (QED) is 0.0883. The Hall–Kier alpha value is -4.88. The number of imidazole rings is 1. The summed E-state index contributed by atoms with van der Waals surface area (Å²) in [5.41, 5.74) is -0.920. The highest BCUT2D eigenvalue weighted by atomic mass is 16.7. The number of carbonyl (C=O) groups is 4. The van der Waals surface area contributed by atoms with Gasteiger partial charge in [-0.25, -0.2) is 19.7 Å². The molecule has 3 aliphatic rings. The van der Waals surface area contributed by atoms with Gasteiger partial charge < -0.3 is 43.0 Å². The van der Waals surface area contributed by atoms with Gasteiger partial charge in [-0.15, -0.1) is 6.58 Å². The molecule has 3 aromatic rings. The van der Waals surface area contributed by atoms with Gasteiger partial charge >= 0.3 is 18.0 Å². The third-order valence-electron chi connectivity index (χ3n) is 14.3. The van der Waals surface area contributed by atoms with Crippen molar-refractivity contribution >= 4 is 35.0 Å². The summed E-state index contributed by atoms with van der Waals surface area (Å²) in [7, 11) is 3.41. The second-order valence-corrected chi connectivity index (χ2v) is 19.2. The predicted octanol–water partition coefficient (Wildman–Crippen LogP) is 5.35. The fraction of sp³-hybridized carbons (Fsp3) is 0.673. The molecule has 6 heterocycles. The molecule has 3 aliphatic heterocycles. The van der Waals surface area contributed by atoms with Gasteiger partial charge in [-0.3, -0.25) is 24.3 Å². The maximum atomic E-state index is 15.0. The summed E-state index contributed by atoms with van der Waals surface area (Å²) in [5, 5.41) is 11.9. The van der Waals surface area contributed by atoms with Crippen LogP contribution in [0.5, 0.6) is 0 Å². The first-order chi connectivity index (χ1) is 31.9. The number of aryl methyl sites for hydroxylation is 1.